The summed E-state index contributed by atoms with van der Waals surface area (Å²) in [5.74, 6) is -14.8. The number of aliphatic hydroxyl groups is 6. The molecule has 6 aliphatic heterocycles. The Morgan fingerprint density at radius 1 is 0.656 bits per heavy atom. The van der Waals surface area contributed by atoms with Crippen molar-refractivity contribution in [2.45, 2.75) is 221 Å². The van der Waals surface area contributed by atoms with Crippen molar-refractivity contribution in [2.24, 2.45) is 16.8 Å². The van der Waals surface area contributed by atoms with E-state index in [-0.39, 0.29) is 88.0 Å². The summed E-state index contributed by atoms with van der Waals surface area (Å²) in [5.41, 5.74) is 0.297. The molecule has 35 heteroatoms. The third-order valence-electron chi connectivity index (χ3n) is 24.5. The molecule has 18 atom stereocenters. The second-order valence-electron chi connectivity index (χ2n) is 34.1. The van der Waals surface area contributed by atoms with Crippen LogP contribution >= 0.6 is 23.2 Å². The molecule has 0 radical (unpaired) electrons. The number of carboxylic acid groups (broad SMARTS) is 1. The summed E-state index contributed by atoms with van der Waals surface area (Å²) in [4.78, 5) is 126. The predicted molar refractivity (Wildman–Crippen MR) is 468 cm³/mol. The molecule has 6 heterocycles. The van der Waals surface area contributed by atoms with Crippen LogP contribution < -0.4 is 51.4 Å². The lowest BCUT2D eigenvalue weighted by Crippen LogP contribution is -2.60. The first-order valence-electron chi connectivity index (χ1n) is 43.0. The molecule has 0 spiro atoms. The highest BCUT2D eigenvalue weighted by atomic mass is 35.5. The van der Waals surface area contributed by atoms with Crippen LogP contribution in [0.1, 0.15) is 187 Å². The molecule has 0 aromatic heterocycles. The molecule has 1 unspecified atom stereocenters. The lowest BCUT2D eigenvalue weighted by atomic mass is 9.80. The van der Waals surface area contributed by atoms with Crippen molar-refractivity contribution in [1.82, 2.24) is 42.1 Å². The summed E-state index contributed by atoms with van der Waals surface area (Å²) >= 11 is 14.4. The number of nitrogens with one attached hydrogen (secondary N) is 7. The number of likely N-dealkylation sites (N-methyl/N-ethyl adjacent to an activating group) is 1. The molecule has 2 fully saturated rings. The second-order valence-corrected chi connectivity index (χ2v) is 34.9. The van der Waals surface area contributed by atoms with Gasteiger partial charge in [0.05, 0.1) is 40.4 Å². The van der Waals surface area contributed by atoms with Crippen LogP contribution in [0.2, 0.25) is 10.0 Å². The highest BCUT2D eigenvalue weighted by Crippen LogP contribution is 2.51. The van der Waals surface area contributed by atoms with Crippen LogP contribution in [0.3, 0.4) is 0 Å². The Kier molecular flexibility index (Phi) is 30.3. The minimum Gasteiger partial charge on any atom is -0.508 e. The van der Waals surface area contributed by atoms with Crippen molar-refractivity contribution >= 4 is 76.9 Å². The first-order valence-corrected chi connectivity index (χ1v) is 43.8. The van der Waals surface area contributed by atoms with Crippen LogP contribution in [0.4, 0.5) is 4.79 Å². The smallest absolute Gasteiger partial charge is 0.410 e. The molecule has 11 bridgehead atoms. The summed E-state index contributed by atoms with van der Waals surface area (Å²) in [6.07, 6.45) is -6.32. The molecule has 7 aromatic carbocycles. The van der Waals surface area contributed by atoms with Crippen LogP contribution in [0.15, 0.2) is 132 Å². The monoisotopic (exact) mass is 1810 g/mol. The van der Waals surface area contributed by atoms with Gasteiger partial charge in [0.15, 0.2) is 23.8 Å². The zero-order chi connectivity index (χ0) is 91.9. The first kappa shape index (κ1) is 94.4. The van der Waals surface area contributed by atoms with E-state index >= 15 is 19.2 Å². The number of amides is 7. The fourth-order valence-corrected chi connectivity index (χ4v) is 17.9. The zero-order valence-corrected chi connectivity index (χ0v) is 73.1. The number of aliphatic hydroxyl groups excluding tert-OH is 6. The highest BCUT2D eigenvalue weighted by Gasteiger charge is 2.52. The Balaban J connectivity index is 0.912. The van der Waals surface area contributed by atoms with Gasteiger partial charge in [0.1, 0.15) is 102 Å². The molecule has 7 aromatic rings. The average Bonchev–Trinajstić information content (AvgIpc) is 1.66. The van der Waals surface area contributed by atoms with Gasteiger partial charge in [-0.05, 0) is 152 Å². The molecular weight excluding hydrogens is 1700 g/mol. The van der Waals surface area contributed by atoms with Gasteiger partial charge in [-0.1, -0.05) is 156 Å². The normalized spacial score (nSPS) is 26.1. The first-order chi connectivity index (χ1) is 61.2. The van der Waals surface area contributed by atoms with Gasteiger partial charge in [-0.25, -0.2) is 9.59 Å². The van der Waals surface area contributed by atoms with E-state index in [4.69, 9.17) is 56.6 Å². The number of hydrogen-bond donors (Lipinski definition) is 17. The Labute approximate surface area is 748 Å². The van der Waals surface area contributed by atoms with E-state index in [2.05, 4.69) is 56.3 Å². The summed E-state index contributed by atoms with van der Waals surface area (Å²) in [6.45, 7) is 9.90. The van der Waals surface area contributed by atoms with Gasteiger partial charge in [0, 0.05) is 60.4 Å². The van der Waals surface area contributed by atoms with E-state index in [0.29, 0.717) is 13.0 Å². The Morgan fingerprint density at radius 3 is 1.88 bits per heavy atom. The van der Waals surface area contributed by atoms with Crippen molar-refractivity contribution in [3.63, 3.8) is 0 Å². The number of phenols is 3. The lowest BCUT2D eigenvalue weighted by Gasteiger charge is -2.47. The number of aliphatic carboxylic acids is 1. The number of ether oxygens (including phenoxy) is 6. The number of hydrogen-bond acceptors (Lipinski definition) is 25. The number of aromatic hydroxyl groups is 3. The van der Waals surface area contributed by atoms with Crippen LogP contribution in [0, 0.1) is 11.8 Å². The third-order valence-corrected chi connectivity index (χ3v) is 25.1. The van der Waals surface area contributed by atoms with Crippen molar-refractivity contribution in [2.75, 3.05) is 33.4 Å². The molecule has 7 amide bonds. The molecule has 17 N–H and O–H groups in total. The van der Waals surface area contributed by atoms with Crippen LogP contribution in [0.25, 0.3) is 22.3 Å². The quantitative estimate of drug-likeness (QED) is 0.0187. The van der Waals surface area contributed by atoms with E-state index in [0.717, 1.165) is 116 Å². The molecule has 1 saturated carbocycles. The molecule has 684 valence electrons. The zero-order valence-electron chi connectivity index (χ0n) is 71.6. The van der Waals surface area contributed by atoms with E-state index in [1.807, 2.05) is 50.2 Å². The summed E-state index contributed by atoms with van der Waals surface area (Å²) in [7, 11) is 1.52. The molecule has 33 nitrogen and oxygen atoms in total. The Hall–Kier alpha value is -11.2. The maximum atomic E-state index is 16.2. The largest absolute Gasteiger partial charge is 0.508 e. The van der Waals surface area contributed by atoms with E-state index in [9.17, 15) is 70.2 Å². The van der Waals surface area contributed by atoms with E-state index in [1.165, 1.54) is 50.5 Å². The number of carbonyl (C=O) groups is 8. The van der Waals surface area contributed by atoms with Gasteiger partial charge in [0.25, 0.3) is 0 Å². The Morgan fingerprint density at radius 2 is 1.26 bits per heavy atom. The minimum absolute atomic E-state index is 0.0414. The number of benzene rings is 7. The number of carboxylic acids is 1. The predicted octanol–water partition coefficient (Wildman–Crippen LogP) is 9.42. The van der Waals surface area contributed by atoms with Crippen molar-refractivity contribution < 1.29 is 118 Å². The van der Waals surface area contributed by atoms with Crippen molar-refractivity contribution in [1.29, 1.82) is 0 Å². The highest BCUT2D eigenvalue weighted by molar-refractivity contribution is 6.32. The molecule has 15 rings (SSSR count). The van der Waals surface area contributed by atoms with Crippen molar-refractivity contribution in [3.05, 3.63) is 176 Å². The maximum absolute atomic E-state index is 16.2. The lowest BCUT2D eigenvalue weighted by molar-refractivity contribution is -0.286. The minimum atomic E-state index is -2.26. The fourth-order valence-electron chi connectivity index (χ4n) is 17.5. The molecular formula is C93H109Cl2N9O24. The third kappa shape index (κ3) is 20.9. The van der Waals surface area contributed by atoms with Crippen LogP contribution in [0.5, 0.6) is 46.0 Å². The molecule has 1 saturated heterocycles. The van der Waals surface area contributed by atoms with Gasteiger partial charge in [-0.15, -0.1) is 0 Å². The van der Waals surface area contributed by atoms with E-state index < -0.39 is 214 Å². The molecule has 8 aliphatic rings. The number of nitrogens with zero attached hydrogens (tertiary/aromatic N) is 2. The number of halogens is 2. The average molecular weight is 1810 g/mol. The number of unbranched alkanes of at least 4 members (excludes halogenated alkanes) is 7. The van der Waals surface area contributed by atoms with Crippen molar-refractivity contribution in [3.8, 4) is 68.2 Å². The summed E-state index contributed by atoms with van der Waals surface area (Å²) in [5, 5.41) is 135. The van der Waals surface area contributed by atoms with E-state index in [1.54, 1.807) is 18.7 Å². The topological polar surface area (TPSA) is 494 Å². The number of rotatable bonds is 25. The SMILES string of the molecule is CCCCCCCCCCN(CC=N[C@@]1(C)C[C@H](O[C@@H]2[C@@H](O)[C@H](O)[C@@H](CO)C[C@H]2Oc2c3cc4cc2Oc2ccc(cc2Cl)[C@@H](O)[C@@H]2NC(=O)[C@H](NC(=O)[C@@H]4NC(=O)[C@H](C)NC(=O)C(NC(=O)[C@@H](CC(C)C)NC)[C@H](O)c4ccc(c(Cl)c4)O3)c3ccc(O)c(c3)-c3c(O)cc(O)cc3[C@@H](C(=O)O)NC2=O)O[C@@H](C)[C@H]1O)C(=O)OCC1c2ccccc2-c2ccccc21. The maximum Gasteiger partial charge on any atom is 0.410 e. The summed E-state index contributed by atoms with van der Waals surface area (Å²) < 4.78 is 40.2. The van der Waals surface area contributed by atoms with Gasteiger partial charge < -0.3 is 122 Å². The van der Waals surface area contributed by atoms with Gasteiger partial charge in [-0.2, -0.15) is 0 Å². The van der Waals surface area contributed by atoms with Crippen LogP contribution in [-0.4, -0.2) is 216 Å². The fraction of sp³-hybridized carbons (Fsp3) is 0.452. The number of carbonyl (C=O) groups excluding carboxylic acids is 7. The number of phenolic OH excluding ortho intramolecular Hbond substituents is 3. The second kappa shape index (κ2) is 41.0. The van der Waals surface area contributed by atoms with Crippen LogP contribution in [-0.2, 0) is 47.8 Å². The number of fused-ring (bicyclic) bond motifs is 18. The number of aliphatic imine (C=N–C) groups is 1. The standard InChI is InChI=1S/C93H109Cl2N9O24/c1-8-9-10-11-12-13-14-19-31-104(92(122)123-44-60-56-22-17-15-20-54(56)55-21-16-18-23-57(55)60)32-30-97-93(6)42-71(124-47(5)84(93)113)128-83-70(39-52(43-105)80(111)81(83)112)127-82-68-37-51-38-69(82)126-67-29-26-50(36-62(67)95)79(110)77-90(119)101-75(91(120)121)59-40-53(106)41-65(108)72(59)58-34-48(24-27-64(58)107)73(87(116)103-77)100-88(117)74(51)99-85(114)46(4)98-89(118)76(102-86(115)63(96-7)33-45(2)3)78(109)49-25-28-66(125-68)61(94)35-49/h15-18,20-30,34-38,40-41,45-47,52,60,63,70-71,73-81,83-84,96,105-113H,8-14,19,31-33,39,42-44H2,1-7H3,(H,98,118)(H,99,114)(H,100,117)(H,101,119)(H,102,115)(H,103,116)(H,120,121)/t46-,47-,52+,63+,70+,71-,73+,74+,75-,76?,77-,78+,79+,80+,81-,83-,84+,93-/m0/s1. The van der Waals surface area contributed by atoms with Gasteiger partial charge >= 0.3 is 12.1 Å². The Bertz CT molecular complexity index is 5270. The van der Waals surface area contributed by atoms with Gasteiger partial charge in [0.2, 0.25) is 41.2 Å². The van der Waals surface area contributed by atoms with Gasteiger partial charge in [-0.3, -0.25) is 33.8 Å². The molecule has 128 heavy (non-hydrogen) atoms. The molecule has 2 aliphatic carbocycles. The summed E-state index contributed by atoms with van der Waals surface area (Å²) in [6, 6.07) is 17.2.